The number of benzene rings is 3. The molecule has 0 saturated heterocycles. The van der Waals surface area contributed by atoms with Crippen LogP contribution in [0.25, 0.3) is 0 Å². The molecule has 3 aromatic carbocycles. The van der Waals surface area contributed by atoms with Gasteiger partial charge in [-0.1, -0.05) is 28.1 Å². The molecule has 2 atom stereocenters. The summed E-state index contributed by atoms with van der Waals surface area (Å²) in [5.74, 6) is 2.99. The van der Waals surface area contributed by atoms with Crippen LogP contribution in [0.3, 0.4) is 0 Å². The summed E-state index contributed by atoms with van der Waals surface area (Å²) in [4.78, 5) is 14.0. The van der Waals surface area contributed by atoms with Gasteiger partial charge in [0.15, 0.2) is 28.8 Å². The zero-order valence-corrected chi connectivity index (χ0v) is 22.8. The standard InChI is InChI=1S/C29H27BrN2O6/c1-34-25-10-16(11-26(35-2)29(25)36-3)15-8-21-27(22(33)9-15)28(32-20-7-5-4-6-19(20)31-21)17-12-23-24(13-18(17)30)38-14-37-23/h4-7,10-13,15,28,31-32H,8-9,14H2,1-3H3. The van der Waals surface area contributed by atoms with Gasteiger partial charge in [-0.2, -0.15) is 0 Å². The summed E-state index contributed by atoms with van der Waals surface area (Å²) in [7, 11) is 4.77. The van der Waals surface area contributed by atoms with Crippen molar-refractivity contribution in [3.05, 3.63) is 75.4 Å². The third-order valence-electron chi connectivity index (χ3n) is 7.27. The number of anilines is 2. The maximum atomic E-state index is 14.0. The molecule has 0 saturated carbocycles. The maximum Gasteiger partial charge on any atom is 0.231 e. The van der Waals surface area contributed by atoms with Crippen molar-refractivity contribution in [2.45, 2.75) is 24.8 Å². The van der Waals surface area contributed by atoms with E-state index in [0.717, 1.165) is 32.7 Å². The summed E-state index contributed by atoms with van der Waals surface area (Å²) >= 11 is 3.71. The molecular weight excluding hydrogens is 552 g/mol. The van der Waals surface area contributed by atoms with Crippen LogP contribution in [-0.4, -0.2) is 33.9 Å². The van der Waals surface area contributed by atoms with Gasteiger partial charge in [0, 0.05) is 22.2 Å². The Kier molecular flexibility index (Phi) is 6.31. The molecule has 3 aromatic rings. The second-order valence-corrected chi connectivity index (χ2v) is 10.2. The number of ether oxygens (including phenoxy) is 5. The lowest BCUT2D eigenvalue weighted by Crippen LogP contribution is -2.27. The average molecular weight is 579 g/mol. The second kappa shape index (κ2) is 9.79. The molecule has 2 heterocycles. The number of ketones is 1. The number of carbonyl (C=O) groups is 1. The monoisotopic (exact) mass is 578 g/mol. The number of rotatable bonds is 5. The zero-order chi connectivity index (χ0) is 26.4. The fourth-order valence-corrected chi connectivity index (χ4v) is 6.00. The Bertz CT molecular complexity index is 1440. The molecule has 6 rings (SSSR count). The van der Waals surface area contributed by atoms with Crippen LogP contribution in [-0.2, 0) is 4.79 Å². The molecule has 9 heteroatoms. The highest BCUT2D eigenvalue weighted by Crippen LogP contribution is 2.49. The zero-order valence-electron chi connectivity index (χ0n) is 21.2. The molecule has 8 nitrogen and oxygen atoms in total. The first kappa shape index (κ1) is 24.5. The fraction of sp³-hybridized carbons (Fsp3) is 0.276. The van der Waals surface area contributed by atoms with Gasteiger partial charge in [0.25, 0.3) is 0 Å². The minimum absolute atomic E-state index is 0.0624. The number of nitrogens with one attached hydrogen (secondary N) is 2. The Hall–Kier alpha value is -3.85. The van der Waals surface area contributed by atoms with Crippen molar-refractivity contribution in [1.29, 1.82) is 0 Å². The Morgan fingerprint density at radius 2 is 1.58 bits per heavy atom. The lowest BCUT2D eigenvalue weighted by atomic mass is 9.78. The molecule has 38 heavy (non-hydrogen) atoms. The smallest absolute Gasteiger partial charge is 0.231 e. The van der Waals surface area contributed by atoms with Crippen LogP contribution in [0.2, 0.25) is 0 Å². The molecule has 0 fully saturated rings. The Morgan fingerprint density at radius 3 is 2.26 bits per heavy atom. The van der Waals surface area contributed by atoms with E-state index in [4.69, 9.17) is 23.7 Å². The number of fused-ring (bicyclic) bond motifs is 2. The van der Waals surface area contributed by atoms with Crippen LogP contribution in [0, 0.1) is 0 Å². The Balaban J connectivity index is 1.46. The van der Waals surface area contributed by atoms with Gasteiger partial charge in [0.2, 0.25) is 12.5 Å². The van der Waals surface area contributed by atoms with Crippen LogP contribution in [0.4, 0.5) is 11.4 Å². The molecule has 0 radical (unpaired) electrons. The topological polar surface area (TPSA) is 87.3 Å². The number of hydrogen-bond acceptors (Lipinski definition) is 8. The quantitative estimate of drug-likeness (QED) is 0.371. The fourth-order valence-electron chi connectivity index (χ4n) is 5.45. The lowest BCUT2D eigenvalue weighted by Gasteiger charge is -2.30. The van der Waals surface area contributed by atoms with E-state index in [9.17, 15) is 4.79 Å². The average Bonchev–Trinajstić information content (AvgIpc) is 3.31. The van der Waals surface area contributed by atoms with Crippen molar-refractivity contribution >= 4 is 33.1 Å². The number of para-hydroxylation sites is 2. The summed E-state index contributed by atoms with van der Waals surface area (Å²) < 4.78 is 28.7. The highest BCUT2D eigenvalue weighted by Gasteiger charge is 2.38. The molecule has 0 spiro atoms. The highest BCUT2D eigenvalue weighted by molar-refractivity contribution is 9.10. The van der Waals surface area contributed by atoms with Crippen LogP contribution in [0.15, 0.2) is 64.3 Å². The van der Waals surface area contributed by atoms with Gasteiger partial charge in [-0.25, -0.2) is 0 Å². The summed E-state index contributed by atoms with van der Waals surface area (Å²) in [5.41, 5.74) is 5.27. The first-order valence-corrected chi connectivity index (χ1v) is 13.1. The SMILES string of the molecule is COc1cc(C2CC(=O)C3=C(C2)Nc2ccccc2NC3c2cc3c(cc2Br)OCO3)cc(OC)c1OC. The summed E-state index contributed by atoms with van der Waals surface area (Å²) in [6, 6.07) is 15.3. The van der Waals surface area contributed by atoms with Crippen molar-refractivity contribution in [1.82, 2.24) is 0 Å². The van der Waals surface area contributed by atoms with Gasteiger partial charge in [-0.15, -0.1) is 0 Å². The molecule has 196 valence electrons. The van der Waals surface area contributed by atoms with Crippen molar-refractivity contribution in [3.8, 4) is 28.7 Å². The van der Waals surface area contributed by atoms with Crippen LogP contribution in [0.5, 0.6) is 28.7 Å². The number of hydrogen-bond donors (Lipinski definition) is 2. The first-order valence-electron chi connectivity index (χ1n) is 12.3. The molecule has 2 N–H and O–H groups in total. The number of Topliss-reactive ketones (excluding diaryl/α,β-unsaturated/α-hetero) is 1. The third kappa shape index (κ3) is 4.11. The van der Waals surface area contributed by atoms with Crippen molar-refractivity contribution < 1.29 is 28.5 Å². The van der Waals surface area contributed by atoms with Crippen LogP contribution < -0.4 is 34.3 Å². The van der Waals surface area contributed by atoms with Crippen molar-refractivity contribution in [2.24, 2.45) is 0 Å². The summed E-state index contributed by atoms with van der Waals surface area (Å²) in [5, 5.41) is 7.20. The molecule has 3 aliphatic rings. The van der Waals surface area contributed by atoms with Crippen molar-refractivity contribution in [2.75, 3.05) is 38.8 Å². The number of methoxy groups -OCH3 is 3. The highest BCUT2D eigenvalue weighted by atomic mass is 79.9. The van der Waals surface area contributed by atoms with Gasteiger partial charge < -0.3 is 34.3 Å². The summed E-state index contributed by atoms with van der Waals surface area (Å²) in [6.07, 6.45) is 0.976. The Labute approximate surface area is 229 Å². The Morgan fingerprint density at radius 1 is 0.895 bits per heavy atom. The van der Waals surface area contributed by atoms with Gasteiger partial charge in [-0.3, -0.25) is 4.79 Å². The van der Waals surface area contributed by atoms with E-state index in [1.165, 1.54) is 0 Å². The van der Waals surface area contributed by atoms with Gasteiger partial charge in [0.1, 0.15) is 0 Å². The van der Waals surface area contributed by atoms with Crippen LogP contribution in [0.1, 0.15) is 35.9 Å². The van der Waals surface area contributed by atoms with Gasteiger partial charge >= 0.3 is 0 Å². The van der Waals surface area contributed by atoms with Crippen molar-refractivity contribution in [3.63, 3.8) is 0 Å². The molecule has 2 aliphatic heterocycles. The molecule has 0 aromatic heterocycles. The maximum absolute atomic E-state index is 14.0. The summed E-state index contributed by atoms with van der Waals surface area (Å²) in [6.45, 7) is 0.178. The van der Waals surface area contributed by atoms with E-state index in [2.05, 4.69) is 26.6 Å². The van der Waals surface area contributed by atoms with Gasteiger partial charge in [0.05, 0.1) is 38.7 Å². The predicted molar refractivity (Wildman–Crippen MR) is 147 cm³/mol. The second-order valence-electron chi connectivity index (χ2n) is 9.35. The largest absolute Gasteiger partial charge is 0.493 e. The molecule has 1 aliphatic carbocycles. The van der Waals surface area contributed by atoms with E-state index in [1.807, 2.05) is 48.5 Å². The van der Waals surface area contributed by atoms with E-state index in [-0.39, 0.29) is 18.5 Å². The molecule has 0 bridgehead atoms. The molecule has 0 amide bonds. The number of halogens is 1. The minimum Gasteiger partial charge on any atom is -0.493 e. The normalized spacial score (nSPS) is 19.5. The molecule has 2 unspecified atom stereocenters. The lowest BCUT2D eigenvalue weighted by molar-refractivity contribution is -0.116. The minimum atomic E-state index is -0.390. The van der Waals surface area contributed by atoms with E-state index in [0.29, 0.717) is 47.2 Å². The number of allylic oxidation sites excluding steroid dienone is 1. The van der Waals surface area contributed by atoms with E-state index < -0.39 is 6.04 Å². The van der Waals surface area contributed by atoms with Gasteiger partial charge in [-0.05, 0) is 59.9 Å². The number of carbonyl (C=O) groups excluding carboxylic acids is 1. The van der Waals surface area contributed by atoms with E-state index in [1.54, 1.807) is 21.3 Å². The molecular formula is C29H27BrN2O6. The first-order chi connectivity index (χ1) is 18.5. The van der Waals surface area contributed by atoms with Crippen LogP contribution >= 0.6 is 15.9 Å². The third-order valence-corrected chi connectivity index (χ3v) is 7.96. The predicted octanol–water partition coefficient (Wildman–Crippen LogP) is 6.18. The van der Waals surface area contributed by atoms with E-state index >= 15 is 0 Å².